The largest absolute Gasteiger partial charge is 0.295 e. The maximum atomic E-state index is 2.76. The SMILES string of the molecule is CC[C@H]1CCN(C(C)C)C2(CC2)C1. The van der Waals surface area contributed by atoms with E-state index in [9.17, 15) is 0 Å². The third-order valence-corrected chi connectivity index (χ3v) is 4.08. The van der Waals surface area contributed by atoms with Gasteiger partial charge in [0, 0.05) is 11.6 Å². The molecule has 1 heterocycles. The van der Waals surface area contributed by atoms with Gasteiger partial charge in [-0.05, 0) is 52.0 Å². The molecule has 13 heavy (non-hydrogen) atoms. The molecule has 0 aromatic rings. The summed E-state index contributed by atoms with van der Waals surface area (Å²) in [4.78, 5) is 2.76. The molecule has 0 bridgehead atoms. The van der Waals surface area contributed by atoms with Gasteiger partial charge in [-0.25, -0.2) is 0 Å². The predicted octanol–water partition coefficient (Wildman–Crippen LogP) is 3.05. The lowest BCUT2D eigenvalue weighted by molar-refractivity contribution is 0.0632. The highest BCUT2D eigenvalue weighted by Crippen LogP contribution is 2.51. The van der Waals surface area contributed by atoms with Gasteiger partial charge in [-0.3, -0.25) is 4.90 Å². The molecule has 0 radical (unpaired) electrons. The molecular weight excluding hydrogens is 158 g/mol. The second-order valence-corrected chi connectivity index (χ2v) is 5.28. The Labute approximate surface area is 82.5 Å². The molecule has 0 amide bonds. The molecule has 0 N–H and O–H groups in total. The van der Waals surface area contributed by atoms with Crippen molar-refractivity contribution in [2.75, 3.05) is 6.54 Å². The van der Waals surface area contributed by atoms with Gasteiger partial charge in [0.15, 0.2) is 0 Å². The first-order chi connectivity index (χ1) is 6.18. The molecule has 1 aliphatic carbocycles. The van der Waals surface area contributed by atoms with Crippen LogP contribution in [0.15, 0.2) is 0 Å². The van der Waals surface area contributed by atoms with E-state index in [1.165, 1.54) is 38.6 Å². The van der Waals surface area contributed by atoms with E-state index >= 15 is 0 Å². The second kappa shape index (κ2) is 3.27. The molecule has 1 heteroatoms. The summed E-state index contributed by atoms with van der Waals surface area (Å²) in [5, 5.41) is 0. The molecule has 1 spiro atoms. The number of likely N-dealkylation sites (tertiary alicyclic amines) is 1. The Kier molecular flexibility index (Phi) is 2.39. The fourth-order valence-corrected chi connectivity index (χ4v) is 3.11. The van der Waals surface area contributed by atoms with Crippen molar-refractivity contribution in [3.63, 3.8) is 0 Å². The van der Waals surface area contributed by atoms with E-state index in [-0.39, 0.29) is 0 Å². The van der Waals surface area contributed by atoms with Crippen molar-refractivity contribution >= 4 is 0 Å². The first-order valence-electron chi connectivity index (χ1n) is 5.95. The van der Waals surface area contributed by atoms with Crippen LogP contribution in [0.3, 0.4) is 0 Å². The number of hydrogen-bond acceptors (Lipinski definition) is 1. The molecule has 0 unspecified atom stereocenters. The number of piperidine rings is 1. The van der Waals surface area contributed by atoms with Crippen LogP contribution < -0.4 is 0 Å². The molecule has 1 saturated heterocycles. The van der Waals surface area contributed by atoms with E-state index in [1.807, 2.05) is 0 Å². The highest BCUT2D eigenvalue weighted by Gasteiger charge is 2.51. The third kappa shape index (κ3) is 1.63. The summed E-state index contributed by atoms with van der Waals surface area (Å²) in [6.45, 7) is 8.42. The van der Waals surface area contributed by atoms with Crippen molar-refractivity contribution in [1.29, 1.82) is 0 Å². The van der Waals surface area contributed by atoms with Gasteiger partial charge in [-0.1, -0.05) is 13.3 Å². The van der Waals surface area contributed by atoms with Crippen LogP contribution in [0.4, 0.5) is 0 Å². The summed E-state index contributed by atoms with van der Waals surface area (Å²) in [6, 6.07) is 0.764. The Hall–Kier alpha value is -0.0400. The summed E-state index contributed by atoms with van der Waals surface area (Å²) < 4.78 is 0. The van der Waals surface area contributed by atoms with Crippen molar-refractivity contribution in [2.45, 2.75) is 64.5 Å². The average molecular weight is 181 g/mol. The lowest BCUT2D eigenvalue weighted by Crippen LogP contribution is -2.48. The van der Waals surface area contributed by atoms with Crippen LogP contribution in [-0.4, -0.2) is 23.0 Å². The zero-order chi connectivity index (χ0) is 9.47. The van der Waals surface area contributed by atoms with Crippen LogP contribution in [0.2, 0.25) is 0 Å². The fraction of sp³-hybridized carbons (Fsp3) is 1.00. The molecule has 2 rings (SSSR count). The summed E-state index contributed by atoms with van der Waals surface area (Å²) in [7, 11) is 0. The maximum absolute atomic E-state index is 2.76. The zero-order valence-corrected chi connectivity index (χ0v) is 9.34. The lowest BCUT2D eigenvalue weighted by atomic mass is 9.86. The van der Waals surface area contributed by atoms with Crippen LogP contribution in [0.1, 0.15) is 52.9 Å². The van der Waals surface area contributed by atoms with E-state index in [1.54, 1.807) is 0 Å². The second-order valence-electron chi connectivity index (χ2n) is 5.28. The molecule has 1 atom stereocenters. The number of rotatable bonds is 2. The van der Waals surface area contributed by atoms with Gasteiger partial charge < -0.3 is 0 Å². The number of nitrogens with zero attached hydrogens (tertiary/aromatic N) is 1. The molecule has 1 aliphatic heterocycles. The van der Waals surface area contributed by atoms with E-state index < -0.39 is 0 Å². The van der Waals surface area contributed by atoms with Crippen LogP contribution in [0.5, 0.6) is 0 Å². The van der Waals surface area contributed by atoms with Crippen molar-refractivity contribution in [3.8, 4) is 0 Å². The van der Waals surface area contributed by atoms with Crippen molar-refractivity contribution < 1.29 is 0 Å². The van der Waals surface area contributed by atoms with Crippen LogP contribution in [-0.2, 0) is 0 Å². The molecule has 76 valence electrons. The summed E-state index contributed by atoms with van der Waals surface area (Å²) in [5.41, 5.74) is 0.674. The molecule has 0 aromatic heterocycles. The molecular formula is C12H23N. The Morgan fingerprint density at radius 3 is 2.54 bits per heavy atom. The van der Waals surface area contributed by atoms with Crippen molar-refractivity contribution in [2.24, 2.45) is 5.92 Å². The normalized spacial score (nSPS) is 32.8. The van der Waals surface area contributed by atoms with Gasteiger partial charge >= 0.3 is 0 Å². The third-order valence-electron chi connectivity index (χ3n) is 4.08. The van der Waals surface area contributed by atoms with Gasteiger partial charge in [0.05, 0.1) is 0 Å². The van der Waals surface area contributed by atoms with Gasteiger partial charge in [0.1, 0.15) is 0 Å². The van der Waals surface area contributed by atoms with Gasteiger partial charge in [-0.2, -0.15) is 0 Å². The van der Waals surface area contributed by atoms with E-state index in [2.05, 4.69) is 25.7 Å². The molecule has 2 fully saturated rings. The monoisotopic (exact) mass is 181 g/mol. The summed E-state index contributed by atoms with van der Waals surface area (Å²) in [5.74, 6) is 1.03. The minimum absolute atomic E-state index is 0.674. The highest BCUT2D eigenvalue weighted by molar-refractivity contribution is 5.07. The van der Waals surface area contributed by atoms with E-state index in [0.29, 0.717) is 5.54 Å². The number of hydrogen-bond donors (Lipinski definition) is 0. The highest BCUT2D eigenvalue weighted by atomic mass is 15.3. The van der Waals surface area contributed by atoms with Crippen LogP contribution in [0.25, 0.3) is 0 Å². The first kappa shape index (κ1) is 9.51. The summed E-state index contributed by atoms with van der Waals surface area (Å²) in [6.07, 6.45) is 7.27. The Balaban J connectivity index is 2.01. The van der Waals surface area contributed by atoms with Crippen molar-refractivity contribution in [3.05, 3.63) is 0 Å². The Morgan fingerprint density at radius 2 is 2.08 bits per heavy atom. The quantitative estimate of drug-likeness (QED) is 0.633. The van der Waals surface area contributed by atoms with Gasteiger partial charge in [0.25, 0.3) is 0 Å². The maximum Gasteiger partial charge on any atom is 0.0216 e. The summed E-state index contributed by atoms with van der Waals surface area (Å²) >= 11 is 0. The zero-order valence-electron chi connectivity index (χ0n) is 9.34. The van der Waals surface area contributed by atoms with E-state index in [0.717, 1.165) is 12.0 Å². The smallest absolute Gasteiger partial charge is 0.0216 e. The van der Waals surface area contributed by atoms with Crippen LogP contribution in [0, 0.1) is 5.92 Å². The van der Waals surface area contributed by atoms with Crippen molar-refractivity contribution in [1.82, 2.24) is 4.90 Å². The first-order valence-corrected chi connectivity index (χ1v) is 5.95. The topological polar surface area (TPSA) is 3.24 Å². The predicted molar refractivity (Wildman–Crippen MR) is 56.8 cm³/mol. The van der Waals surface area contributed by atoms with Gasteiger partial charge in [-0.15, -0.1) is 0 Å². The standard InChI is InChI=1S/C12H23N/c1-4-11-5-8-13(10(2)3)12(9-11)6-7-12/h10-11H,4-9H2,1-3H3/t11-/m0/s1. The Morgan fingerprint density at radius 1 is 1.38 bits per heavy atom. The lowest BCUT2D eigenvalue weighted by Gasteiger charge is -2.42. The fourth-order valence-electron chi connectivity index (χ4n) is 3.11. The molecule has 1 nitrogen and oxygen atoms in total. The minimum atomic E-state index is 0.674. The Bertz CT molecular complexity index is 182. The van der Waals surface area contributed by atoms with Gasteiger partial charge in [0.2, 0.25) is 0 Å². The van der Waals surface area contributed by atoms with E-state index in [4.69, 9.17) is 0 Å². The average Bonchev–Trinajstić information content (AvgIpc) is 2.84. The molecule has 2 aliphatic rings. The minimum Gasteiger partial charge on any atom is -0.295 e. The molecule has 1 saturated carbocycles. The van der Waals surface area contributed by atoms with Crippen LogP contribution >= 0.6 is 0 Å². The molecule has 0 aromatic carbocycles.